The zero-order chi connectivity index (χ0) is 26.3. The number of likely N-dealkylation sites (N-methyl/N-ethyl adjacent to an activating group) is 1. The van der Waals surface area contributed by atoms with Gasteiger partial charge >= 0.3 is 0 Å². The molecule has 1 aliphatic heterocycles. The Kier molecular flexibility index (Phi) is 8.51. The van der Waals surface area contributed by atoms with Gasteiger partial charge in [-0.25, -0.2) is 0 Å². The summed E-state index contributed by atoms with van der Waals surface area (Å²) in [5.74, 6) is 0. The number of hydrogen-bond donors (Lipinski definition) is 2. The maximum Gasteiger partial charge on any atom is 0.0895 e. The van der Waals surface area contributed by atoms with Crippen LogP contribution in [-0.2, 0) is 12.8 Å². The Bertz CT molecular complexity index is 1440. The number of aromatic amines is 1. The predicted octanol–water partition coefficient (Wildman–Crippen LogP) is 7.02. The normalized spacial score (nSPS) is 14.9. The van der Waals surface area contributed by atoms with Crippen LogP contribution in [0.25, 0.3) is 27.0 Å². The molecule has 0 unspecified atom stereocenters. The highest BCUT2D eigenvalue weighted by Crippen LogP contribution is 2.31. The third-order valence-corrected chi connectivity index (χ3v) is 8.18. The van der Waals surface area contributed by atoms with E-state index < -0.39 is 0 Å². The molecule has 0 radical (unpaired) electrons. The lowest BCUT2D eigenvalue weighted by atomic mass is 10.0. The molecule has 2 N–H and O–H groups in total. The van der Waals surface area contributed by atoms with Gasteiger partial charge in [0.1, 0.15) is 0 Å². The maximum absolute atomic E-state index is 4.64. The fourth-order valence-electron chi connectivity index (χ4n) is 5.18. The monoisotopic (exact) mass is 523 g/mol. The van der Waals surface area contributed by atoms with Crippen LogP contribution in [0.3, 0.4) is 0 Å². The zero-order valence-corrected chi connectivity index (χ0v) is 23.3. The summed E-state index contributed by atoms with van der Waals surface area (Å²) in [7, 11) is 1.95. The maximum atomic E-state index is 4.64. The number of rotatable bonds is 11. The summed E-state index contributed by atoms with van der Waals surface area (Å²) in [6.07, 6.45) is 15.8. The Morgan fingerprint density at radius 1 is 1.18 bits per heavy atom. The molecule has 4 aromatic rings. The average Bonchev–Trinajstić information content (AvgIpc) is 3.71. The van der Waals surface area contributed by atoms with E-state index in [0.29, 0.717) is 0 Å². The largest absolute Gasteiger partial charge is 0.388 e. The number of nitrogens with zero attached hydrogens (tertiary/aromatic N) is 3. The van der Waals surface area contributed by atoms with Gasteiger partial charge in [-0.15, -0.1) is 11.3 Å². The molecule has 0 saturated carbocycles. The zero-order valence-electron chi connectivity index (χ0n) is 22.5. The first-order valence-electron chi connectivity index (χ1n) is 13.5. The fourth-order valence-corrected chi connectivity index (χ4v) is 5.91. The minimum atomic E-state index is 0.728. The minimum Gasteiger partial charge on any atom is -0.388 e. The highest BCUT2D eigenvalue weighted by Gasteiger charge is 2.12. The Balaban J connectivity index is 1.25. The number of fused-ring (bicyclic) bond motifs is 1. The van der Waals surface area contributed by atoms with E-state index in [1.807, 2.05) is 31.7 Å². The van der Waals surface area contributed by atoms with E-state index in [9.17, 15) is 0 Å². The summed E-state index contributed by atoms with van der Waals surface area (Å²) in [6, 6.07) is 10.7. The lowest BCUT2D eigenvalue weighted by Crippen LogP contribution is -2.20. The molecule has 5 nitrogen and oxygen atoms in total. The van der Waals surface area contributed by atoms with E-state index in [0.717, 1.165) is 46.4 Å². The number of allylic oxidation sites excluding steroid dienone is 4. The standard InChI is InChI=1S/C32H37N5S/c1-23(26-19-25(21-34-22-26)8-6-16-37-14-4-5-15-37)10-11-29(33-3)24(2)18-27-20-28-30(36-27)12-13-35-32(28)31-9-7-17-38-31/h7,9-13,17,19-22,33,36H,2,4-6,8,14-16,18H2,1,3H3/b23-10+,29-11+. The molecule has 1 fully saturated rings. The Hall–Kier alpha value is -3.48. The van der Waals surface area contributed by atoms with Gasteiger partial charge in [-0.05, 0) is 110 Å². The molecule has 0 bridgehead atoms. The molecule has 1 saturated heterocycles. The van der Waals surface area contributed by atoms with Gasteiger partial charge in [-0.1, -0.05) is 18.7 Å². The van der Waals surface area contributed by atoms with Crippen LogP contribution >= 0.6 is 11.3 Å². The minimum absolute atomic E-state index is 0.728. The van der Waals surface area contributed by atoms with Crippen LogP contribution < -0.4 is 5.32 Å². The second-order valence-corrected chi connectivity index (χ2v) is 11.0. The quantitative estimate of drug-likeness (QED) is 0.207. The van der Waals surface area contributed by atoms with Crippen molar-refractivity contribution in [2.75, 3.05) is 26.7 Å². The summed E-state index contributed by atoms with van der Waals surface area (Å²) in [5, 5.41) is 6.57. The number of likely N-dealkylation sites (tertiary alicyclic amines) is 1. The molecule has 0 aromatic carbocycles. The second-order valence-electron chi connectivity index (χ2n) is 10.1. The number of H-pyrrole nitrogens is 1. The van der Waals surface area contributed by atoms with Crippen molar-refractivity contribution in [2.24, 2.45) is 0 Å². The summed E-state index contributed by atoms with van der Waals surface area (Å²) in [4.78, 5) is 16.5. The topological polar surface area (TPSA) is 56.8 Å². The molecule has 0 aliphatic carbocycles. The SMILES string of the molecule is C=C(Cc1cc2c(-c3cccs3)nccc2[nH]1)/C(=C\C=C(/C)c1cncc(CCCN2CCCC2)c1)NC. The molecular weight excluding hydrogens is 486 g/mol. The lowest BCUT2D eigenvalue weighted by molar-refractivity contribution is 0.334. The number of hydrogen-bond acceptors (Lipinski definition) is 5. The van der Waals surface area contributed by atoms with Crippen LogP contribution in [0.2, 0.25) is 0 Å². The number of pyridine rings is 2. The molecule has 38 heavy (non-hydrogen) atoms. The second kappa shape index (κ2) is 12.4. The van der Waals surface area contributed by atoms with Crippen molar-refractivity contribution in [2.45, 2.75) is 39.0 Å². The summed E-state index contributed by atoms with van der Waals surface area (Å²) < 4.78 is 0. The van der Waals surface area contributed by atoms with Crippen LogP contribution in [0, 0.1) is 0 Å². The van der Waals surface area contributed by atoms with Gasteiger partial charge in [0, 0.05) is 54.4 Å². The first-order chi connectivity index (χ1) is 18.6. The first kappa shape index (κ1) is 26.1. The molecule has 1 aliphatic rings. The third-order valence-electron chi connectivity index (χ3n) is 7.30. The van der Waals surface area contributed by atoms with Gasteiger partial charge in [-0.2, -0.15) is 0 Å². The average molecular weight is 524 g/mol. The Morgan fingerprint density at radius 3 is 2.84 bits per heavy atom. The van der Waals surface area contributed by atoms with E-state index in [1.54, 1.807) is 11.3 Å². The highest BCUT2D eigenvalue weighted by atomic mass is 32.1. The van der Waals surface area contributed by atoms with E-state index in [4.69, 9.17) is 0 Å². The van der Waals surface area contributed by atoms with Gasteiger partial charge in [0.15, 0.2) is 0 Å². The third kappa shape index (κ3) is 6.32. The van der Waals surface area contributed by atoms with E-state index in [2.05, 4.69) is 80.5 Å². The van der Waals surface area contributed by atoms with Crippen molar-refractivity contribution in [3.8, 4) is 10.6 Å². The van der Waals surface area contributed by atoms with Crippen molar-refractivity contribution in [1.29, 1.82) is 0 Å². The van der Waals surface area contributed by atoms with E-state index >= 15 is 0 Å². The van der Waals surface area contributed by atoms with Gasteiger partial charge in [-0.3, -0.25) is 9.97 Å². The van der Waals surface area contributed by atoms with Crippen molar-refractivity contribution >= 4 is 27.8 Å². The molecule has 4 aromatic heterocycles. The van der Waals surface area contributed by atoms with Crippen LogP contribution in [-0.4, -0.2) is 46.5 Å². The Labute approximate surface area is 230 Å². The van der Waals surface area contributed by atoms with Crippen molar-refractivity contribution in [3.05, 3.63) is 101 Å². The number of aromatic nitrogens is 3. The molecule has 0 spiro atoms. The van der Waals surface area contributed by atoms with Gasteiger partial charge in [0.2, 0.25) is 0 Å². The van der Waals surface area contributed by atoms with Crippen LogP contribution in [0.1, 0.15) is 43.0 Å². The van der Waals surface area contributed by atoms with Crippen molar-refractivity contribution in [3.63, 3.8) is 0 Å². The summed E-state index contributed by atoms with van der Waals surface area (Å²) >= 11 is 1.71. The molecule has 6 heteroatoms. The molecule has 0 amide bonds. The van der Waals surface area contributed by atoms with Gasteiger partial charge in [0.25, 0.3) is 0 Å². The summed E-state index contributed by atoms with van der Waals surface area (Å²) in [6.45, 7) is 10.3. The van der Waals surface area contributed by atoms with Crippen molar-refractivity contribution in [1.82, 2.24) is 25.2 Å². The van der Waals surface area contributed by atoms with E-state index in [1.165, 1.54) is 60.5 Å². The predicted molar refractivity (Wildman–Crippen MR) is 161 cm³/mol. The van der Waals surface area contributed by atoms with Crippen molar-refractivity contribution < 1.29 is 0 Å². The summed E-state index contributed by atoms with van der Waals surface area (Å²) in [5.41, 5.74) is 8.99. The number of thiophene rings is 1. The fraction of sp³-hybridized carbons (Fsp3) is 0.312. The lowest BCUT2D eigenvalue weighted by Gasteiger charge is -2.14. The van der Waals surface area contributed by atoms with Gasteiger partial charge < -0.3 is 15.2 Å². The molecule has 196 valence electrons. The molecule has 5 rings (SSSR count). The number of aryl methyl sites for hydroxylation is 1. The van der Waals surface area contributed by atoms with Crippen LogP contribution in [0.5, 0.6) is 0 Å². The smallest absolute Gasteiger partial charge is 0.0895 e. The van der Waals surface area contributed by atoms with Crippen LogP contribution in [0.4, 0.5) is 0 Å². The highest BCUT2D eigenvalue weighted by molar-refractivity contribution is 7.13. The molecule has 5 heterocycles. The Morgan fingerprint density at radius 2 is 2.05 bits per heavy atom. The molecular formula is C32H37N5S. The number of nitrogens with one attached hydrogen (secondary N) is 2. The van der Waals surface area contributed by atoms with Gasteiger partial charge in [0.05, 0.1) is 10.6 Å². The van der Waals surface area contributed by atoms with Crippen LogP contribution in [0.15, 0.2) is 84.3 Å². The molecule has 0 atom stereocenters. The van der Waals surface area contributed by atoms with E-state index in [-0.39, 0.29) is 0 Å². The first-order valence-corrected chi connectivity index (χ1v) is 14.4.